The highest BCUT2D eigenvalue weighted by Gasteiger charge is 2.30. The molecular weight excluding hydrogens is 362 g/mol. The third-order valence-corrected chi connectivity index (χ3v) is 4.36. The topological polar surface area (TPSA) is 103 Å². The van der Waals surface area contributed by atoms with E-state index in [1.54, 1.807) is 36.9 Å². The van der Waals surface area contributed by atoms with Crippen LogP contribution in [0, 0.1) is 6.92 Å². The number of rotatable bonds is 3. The Hall–Kier alpha value is -3.94. The van der Waals surface area contributed by atoms with Gasteiger partial charge in [0.05, 0.1) is 11.9 Å². The fourth-order valence-electron chi connectivity index (χ4n) is 3.04. The zero-order valence-electron chi connectivity index (χ0n) is 15.1. The number of hydrogen-bond donors (Lipinski definition) is 1. The molecule has 0 saturated heterocycles. The number of aromatic amines is 1. The zero-order valence-corrected chi connectivity index (χ0v) is 15.1. The first kappa shape index (κ1) is 17.5. The maximum absolute atomic E-state index is 13.4. The minimum absolute atomic E-state index is 0.208. The van der Waals surface area contributed by atoms with E-state index in [4.69, 9.17) is 9.47 Å². The number of allylic oxidation sites excluding steroid dienone is 1. The fraction of sp³-hybridized carbons (Fsp3) is 0.100. The van der Waals surface area contributed by atoms with Crippen molar-refractivity contribution in [2.45, 2.75) is 6.92 Å². The second-order valence-electron chi connectivity index (χ2n) is 6.21. The first-order valence-electron chi connectivity index (χ1n) is 8.41. The summed E-state index contributed by atoms with van der Waals surface area (Å²) in [5.74, 6) is -2.86. The van der Waals surface area contributed by atoms with Gasteiger partial charge in [-0.1, -0.05) is 18.2 Å². The van der Waals surface area contributed by atoms with Crippen molar-refractivity contribution in [1.29, 1.82) is 0 Å². The number of fused-ring (bicyclic) bond motifs is 1. The van der Waals surface area contributed by atoms with E-state index in [0.717, 1.165) is 17.7 Å². The fourth-order valence-corrected chi connectivity index (χ4v) is 3.04. The van der Waals surface area contributed by atoms with Gasteiger partial charge in [-0.3, -0.25) is 4.79 Å². The lowest BCUT2D eigenvalue weighted by Gasteiger charge is -2.14. The highest BCUT2D eigenvalue weighted by molar-refractivity contribution is 6.19. The van der Waals surface area contributed by atoms with Gasteiger partial charge in [0.25, 0.3) is 0 Å². The number of imidazole rings is 1. The van der Waals surface area contributed by atoms with Crippen molar-refractivity contribution in [3.63, 3.8) is 0 Å². The second kappa shape index (κ2) is 6.66. The molecule has 0 bridgehead atoms. The maximum Gasteiger partial charge on any atom is 0.336 e. The molecule has 0 spiro atoms. The summed E-state index contributed by atoms with van der Waals surface area (Å²) in [7, 11) is 1.80. The van der Waals surface area contributed by atoms with Crippen molar-refractivity contribution in [3.8, 4) is 0 Å². The number of benzene rings is 1. The molecule has 0 atom stereocenters. The summed E-state index contributed by atoms with van der Waals surface area (Å²) >= 11 is 0. The predicted molar refractivity (Wildman–Crippen MR) is 98.8 cm³/mol. The van der Waals surface area contributed by atoms with E-state index in [-0.39, 0.29) is 11.5 Å². The largest absolute Gasteiger partial charge is 0.417 e. The van der Waals surface area contributed by atoms with Crippen molar-refractivity contribution < 1.29 is 23.9 Å². The number of aromatic nitrogens is 3. The van der Waals surface area contributed by atoms with Gasteiger partial charge in [0.2, 0.25) is 17.3 Å². The van der Waals surface area contributed by atoms with Gasteiger partial charge in [-0.15, -0.1) is 0 Å². The number of hydrogen-bond acceptors (Lipinski definition) is 6. The number of cyclic esters (lactones) is 2. The monoisotopic (exact) mass is 377 g/mol. The average molecular weight is 377 g/mol. The van der Waals surface area contributed by atoms with Crippen LogP contribution in [-0.2, 0) is 26.1 Å². The minimum atomic E-state index is -0.856. The molecule has 28 heavy (non-hydrogen) atoms. The first-order chi connectivity index (χ1) is 13.5. The normalized spacial score (nSPS) is 18.4. The van der Waals surface area contributed by atoms with Crippen LogP contribution < -0.4 is 0 Å². The predicted octanol–water partition coefficient (Wildman–Crippen LogP) is 2.42. The van der Waals surface area contributed by atoms with Gasteiger partial charge in [-0.2, -0.15) is 0 Å². The molecule has 3 aromatic rings. The number of nitrogens with zero attached hydrogens (tertiary/aromatic N) is 2. The molecule has 2 aromatic heterocycles. The smallest absolute Gasteiger partial charge is 0.336 e. The standard InChI is InChI=1S/C20H15N3O5/c1-11-17(22-10-21-11)19-20(28-16(25)8-7-15(24)27-19)18(26)13-9-23(2)14-6-4-3-5-12(13)14/h3-10H,1-2H3,(H,21,22)/b8-7-,20-19+. The molecule has 0 aliphatic carbocycles. The molecule has 1 aliphatic rings. The number of carbonyl (C=O) groups excluding carboxylic acids is 3. The van der Waals surface area contributed by atoms with Gasteiger partial charge >= 0.3 is 11.9 Å². The van der Waals surface area contributed by atoms with Gasteiger partial charge < -0.3 is 19.0 Å². The van der Waals surface area contributed by atoms with Crippen LogP contribution in [0.5, 0.6) is 0 Å². The quantitative estimate of drug-likeness (QED) is 0.555. The number of Topliss-reactive ketones (excluding diaryl/α,β-unsaturated/α-hetero) is 1. The highest BCUT2D eigenvalue weighted by Crippen LogP contribution is 2.29. The van der Waals surface area contributed by atoms with Crippen molar-refractivity contribution >= 4 is 34.4 Å². The van der Waals surface area contributed by atoms with Gasteiger partial charge in [0, 0.05) is 42.0 Å². The van der Waals surface area contributed by atoms with E-state index < -0.39 is 23.5 Å². The Morgan fingerprint density at radius 3 is 2.54 bits per heavy atom. The molecule has 140 valence electrons. The molecule has 0 unspecified atom stereocenters. The van der Waals surface area contributed by atoms with E-state index in [9.17, 15) is 14.4 Å². The Labute approximate surface area is 159 Å². The molecule has 0 saturated carbocycles. The van der Waals surface area contributed by atoms with Gasteiger partial charge in [0.15, 0.2) is 0 Å². The van der Waals surface area contributed by atoms with Crippen molar-refractivity contribution in [1.82, 2.24) is 14.5 Å². The van der Waals surface area contributed by atoms with E-state index in [0.29, 0.717) is 16.6 Å². The van der Waals surface area contributed by atoms with Crippen molar-refractivity contribution in [2.75, 3.05) is 0 Å². The van der Waals surface area contributed by atoms with Crippen LogP contribution in [-0.4, -0.2) is 32.3 Å². The maximum atomic E-state index is 13.4. The number of ketones is 1. The van der Waals surface area contributed by atoms with Crippen LogP contribution in [0.2, 0.25) is 0 Å². The van der Waals surface area contributed by atoms with Crippen LogP contribution >= 0.6 is 0 Å². The number of para-hydroxylation sites is 1. The SMILES string of the molecule is Cc1[nH]cnc1/C1=C(/C(=O)c2cn(C)c3ccccc23)OC(=O)/C=C\C(=O)O1. The lowest BCUT2D eigenvalue weighted by molar-refractivity contribution is -0.137. The van der Waals surface area contributed by atoms with Gasteiger partial charge in [-0.25, -0.2) is 14.6 Å². The van der Waals surface area contributed by atoms with Crippen molar-refractivity contribution in [2.24, 2.45) is 7.05 Å². The Bertz CT molecular complexity index is 1200. The van der Waals surface area contributed by atoms with E-state index >= 15 is 0 Å². The summed E-state index contributed by atoms with van der Waals surface area (Å²) in [4.78, 5) is 44.4. The lowest BCUT2D eigenvalue weighted by atomic mass is 10.1. The molecule has 1 aromatic carbocycles. The number of nitrogens with one attached hydrogen (secondary N) is 1. The van der Waals surface area contributed by atoms with Gasteiger partial charge in [0.1, 0.15) is 5.69 Å². The molecule has 4 rings (SSSR count). The summed E-state index contributed by atoms with van der Waals surface area (Å²) in [5, 5.41) is 0.681. The first-order valence-corrected chi connectivity index (χ1v) is 8.41. The number of esters is 2. The number of aryl methyl sites for hydroxylation is 2. The summed E-state index contributed by atoms with van der Waals surface area (Å²) in [6.07, 6.45) is 4.87. The summed E-state index contributed by atoms with van der Waals surface area (Å²) < 4.78 is 12.4. The molecule has 0 radical (unpaired) electrons. The third kappa shape index (κ3) is 2.90. The lowest BCUT2D eigenvalue weighted by Crippen LogP contribution is -2.18. The Balaban J connectivity index is 1.94. The summed E-state index contributed by atoms with van der Waals surface area (Å²) in [6.45, 7) is 1.69. The molecular formula is C20H15N3O5. The molecule has 8 nitrogen and oxygen atoms in total. The van der Waals surface area contributed by atoms with E-state index in [1.807, 2.05) is 12.1 Å². The Kier molecular flexibility index (Phi) is 4.15. The van der Waals surface area contributed by atoms with Crippen LogP contribution in [0.1, 0.15) is 21.7 Å². The number of ether oxygens (including phenoxy) is 2. The van der Waals surface area contributed by atoms with Gasteiger partial charge in [-0.05, 0) is 13.0 Å². The third-order valence-electron chi connectivity index (χ3n) is 4.36. The van der Waals surface area contributed by atoms with E-state index in [2.05, 4.69) is 9.97 Å². The molecule has 1 aliphatic heterocycles. The highest BCUT2D eigenvalue weighted by atomic mass is 16.6. The van der Waals surface area contributed by atoms with Crippen LogP contribution in [0.25, 0.3) is 16.7 Å². The second-order valence-corrected chi connectivity index (χ2v) is 6.21. The summed E-state index contributed by atoms with van der Waals surface area (Å²) in [5.41, 5.74) is 1.90. The summed E-state index contributed by atoms with van der Waals surface area (Å²) in [6, 6.07) is 7.32. The van der Waals surface area contributed by atoms with E-state index in [1.165, 1.54) is 6.33 Å². The number of H-pyrrole nitrogens is 1. The number of carbonyl (C=O) groups is 3. The molecule has 0 fully saturated rings. The minimum Gasteiger partial charge on any atom is -0.417 e. The molecule has 3 heterocycles. The van der Waals surface area contributed by atoms with Crippen molar-refractivity contribution in [3.05, 3.63) is 71.7 Å². The molecule has 0 amide bonds. The Morgan fingerprint density at radius 1 is 1.11 bits per heavy atom. The average Bonchev–Trinajstić information content (AvgIpc) is 3.25. The zero-order chi connectivity index (χ0) is 19.8. The Morgan fingerprint density at radius 2 is 1.82 bits per heavy atom. The van der Waals surface area contributed by atoms with Crippen LogP contribution in [0.4, 0.5) is 0 Å². The van der Waals surface area contributed by atoms with Crippen LogP contribution in [0.3, 0.4) is 0 Å². The molecule has 8 heteroatoms. The van der Waals surface area contributed by atoms with Crippen LogP contribution in [0.15, 0.2) is 54.7 Å². The molecule has 1 N–H and O–H groups in total.